The Hall–Kier alpha value is -0.120. The van der Waals surface area contributed by atoms with Gasteiger partial charge in [-0.15, -0.1) is 0 Å². The van der Waals surface area contributed by atoms with Crippen LogP contribution in [0.1, 0.15) is 39.0 Å². The van der Waals surface area contributed by atoms with Crippen molar-refractivity contribution in [2.75, 3.05) is 32.9 Å². The summed E-state index contributed by atoms with van der Waals surface area (Å²) in [4.78, 5) is 0. The van der Waals surface area contributed by atoms with E-state index in [1.54, 1.807) is 0 Å². The fraction of sp³-hybridized carbons (Fsp3) is 1.00. The Kier molecular flexibility index (Phi) is 7.88. The summed E-state index contributed by atoms with van der Waals surface area (Å²) in [5, 5.41) is 3.41. The first-order chi connectivity index (χ1) is 7.43. The molecule has 0 aromatic rings. The molecule has 0 amide bonds. The molecule has 1 rings (SSSR count). The Balaban J connectivity index is 1.73. The smallest absolute Gasteiger partial charge is 0.0830 e. The van der Waals surface area contributed by atoms with E-state index in [1.165, 1.54) is 25.7 Å². The molecule has 3 nitrogen and oxygen atoms in total. The third kappa shape index (κ3) is 6.88. The monoisotopic (exact) mass is 215 g/mol. The molecule has 15 heavy (non-hydrogen) atoms. The van der Waals surface area contributed by atoms with Gasteiger partial charge in [0.05, 0.1) is 12.7 Å². The van der Waals surface area contributed by atoms with Gasteiger partial charge in [0, 0.05) is 13.2 Å². The average molecular weight is 215 g/mol. The summed E-state index contributed by atoms with van der Waals surface area (Å²) in [5.74, 6) is 0. The van der Waals surface area contributed by atoms with Crippen molar-refractivity contribution in [3.63, 3.8) is 0 Å². The molecule has 0 aliphatic carbocycles. The predicted molar refractivity (Wildman–Crippen MR) is 62.2 cm³/mol. The van der Waals surface area contributed by atoms with E-state index in [0.717, 1.165) is 39.3 Å². The van der Waals surface area contributed by atoms with Crippen LogP contribution in [0.15, 0.2) is 0 Å². The van der Waals surface area contributed by atoms with Crippen molar-refractivity contribution in [3.8, 4) is 0 Å². The highest BCUT2D eigenvalue weighted by molar-refractivity contribution is 4.62. The van der Waals surface area contributed by atoms with Crippen LogP contribution >= 0.6 is 0 Å². The lowest BCUT2D eigenvalue weighted by molar-refractivity contribution is 0.0406. The highest BCUT2D eigenvalue weighted by atomic mass is 16.5. The van der Waals surface area contributed by atoms with E-state index >= 15 is 0 Å². The van der Waals surface area contributed by atoms with E-state index in [-0.39, 0.29) is 0 Å². The fourth-order valence-electron chi connectivity index (χ4n) is 1.72. The lowest BCUT2D eigenvalue weighted by Gasteiger charge is -2.09. The minimum Gasteiger partial charge on any atom is -0.379 e. The van der Waals surface area contributed by atoms with Gasteiger partial charge >= 0.3 is 0 Å². The molecule has 1 fully saturated rings. The van der Waals surface area contributed by atoms with Crippen LogP contribution in [0.4, 0.5) is 0 Å². The van der Waals surface area contributed by atoms with Gasteiger partial charge in [-0.05, 0) is 45.2 Å². The van der Waals surface area contributed by atoms with Gasteiger partial charge in [-0.1, -0.05) is 6.92 Å². The molecule has 1 aliphatic heterocycles. The van der Waals surface area contributed by atoms with Crippen LogP contribution in [0, 0.1) is 0 Å². The maximum atomic E-state index is 5.69. The summed E-state index contributed by atoms with van der Waals surface area (Å²) in [6, 6.07) is 0. The number of unbranched alkanes of at least 4 members (excludes halogenated alkanes) is 2. The zero-order valence-electron chi connectivity index (χ0n) is 9.96. The summed E-state index contributed by atoms with van der Waals surface area (Å²) in [5.41, 5.74) is 0. The van der Waals surface area contributed by atoms with Crippen molar-refractivity contribution in [1.29, 1.82) is 0 Å². The van der Waals surface area contributed by atoms with E-state index in [4.69, 9.17) is 9.47 Å². The molecule has 1 N–H and O–H groups in total. The van der Waals surface area contributed by atoms with E-state index in [1.807, 2.05) is 0 Å². The molecular weight excluding hydrogens is 190 g/mol. The van der Waals surface area contributed by atoms with Crippen molar-refractivity contribution in [3.05, 3.63) is 0 Å². The molecular formula is C12H25NO2. The van der Waals surface area contributed by atoms with Crippen molar-refractivity contribution < 1.29 is 9.47 Å². The molecule has 1 unspecified atom stereocenters. The van der Waals surface area contributed by atoms with Gasteiger partial charge in [-0.2, -0.15) is 0 Å². The van der Waals surface area contributed by atoms with Crippen LogP contribution in [-0.4, -0.2) is 39.0 Å². The molecule has 0 aromatic heterocycles. The molecule has 0 saturated carbocycles. The van der Waals surface area contributed by atoms with Gasteiger partial charge in [0.15, 0.2) is 0 Å². The van der Waals surface area contributed by atoms with Crippen LogP contribution in [0.5, 0.6) is 0 Å². The van der Waals surface area contributed by atoms with Crippen LogP contribution in [0.2, 0.25) is 0 Å². The number of hydrogen-bond donors (Lipinski definition) is 1. The van der Waals surface area contributed by atoms with Crippen molar-refractivity contribution in [1.82, 2.24) is 5.32 Å². The normalized spacial score (nSPS) is 21.0. The molecule has 0 aromatic carbocycles. The number of ether oxygens (including phenoxy) is 2. The SMILES string of the molecule is CCCNCCCCCOC1CCOC1. The molecule has 0 radical (unpaired) electrons. The lowest BCUT2D eigenvalue weighted by Crippen LogP contribution is -2.16. The Bertz CT molecular complexity index is 136. The number of nitrogens with one attached hydrogen (secondary N) is 1. The molecule has 1 saturated heterocycles. The fourth-order valence-corrected chi connectivity index (χ4v) is 1.72. The van der Waals surface area contributed by atoms with Gasteiger partial charge in [0.1, 0.15) is 0 Å². The van der Waals surface area contributed by atoms with Gasteiger partial charge < -0.3 is 14.8 Å². The van der Waals surface area contributed by atoms with Crippen LogP contribution in [0.25, 0.3) is 0 Å². The van der Waals surface area contributed by atoms with Crippen molar-refractivity contribution >= 4 is 0 Å². The average Bonchev–Trinajstić information content (AvgIpc) is 2.75. The standard InChI is InChI=1S/C12H25NO2/c1-2-7-13-8-4-3-5-9-15-12-6-10-14-11-12/h12-13H,2-11H2,1H3. The Morgan fingerprint density at radius 2 is 2.20 bits per heavy atom. The minimum absolute atomic E-state index is 0.378. The molecule has 3 heteroatoms. The molecule has 0 spiro atoms. The lowest BCUT2D eigenvalue weighted by atomic mass is 10.2. The second-order valence-electron chi connectivity index (χ2n) is 4.17. The van der Waals surface area contributed by atoms with E-state index in [9.17, 15) is 0 Å². The highest BCUT2D eigenvalue weighted by Gasteiger charge is 2.14. The zero-order valence-corrected chi connectivity index (χ0v) is 9.96. The molecule has 90 valence electrons. The third-order valence-electron chi connectivity index (χ3n) is 2.67. The van der Waals surface area contributed by atoms with Crippen LogP contribution < -0.4 is 5.32 Å². The summed E-state index contributed by atoms with van der Waals surface area (Å²) in [6.45, 7) is 7.09. The predicted octanol–water partition coefficient (Wildman–Crippen LogP) is 1.96. The number of hydrogen-bond acceptors (Lipinski definition) is 3. The molecule has 1 aliphatic rings. The molecule has 0 bridgehead atoms. The third-order valence-corrected chi connectivity index (χ3v) is 2.67. The Labute approximate surface area is 93.5 Å². The highest BCUT2D eigenvalue weighted by Crippen LogP contribution is 2.08. The number of rotatable bonds is 9. The largest absolute Gasteiger partial charge is 0.379 e. The van der Waals surface area contributed by atoms with Gasteiger partial charge in [0.25, 0.3) is 0 Å². The zero-order chi connectivity index (χ0) is 10.8. The van der Waals surface area contributed by atoms with E-state index in [0.29, 0.717) is 6.10 Å². The first kappa shape index (κ1) is 12.9. The van der Waals surface area contributed by atoms with Crippen LogP contribution in [-0.2, 0) is 9.47 Å². The quantitative estimate of drug-likeness (QED) is 0.596. The second-order valence-corrected chi connectivity index (χ2v) is 4.17. The topological polar surface area (TPSA) is 30.5 Å². The van der Waals surface area contributed by atoms with Gasteiger partial charge in [0.2, 0.25) is 0 Å². The first-order valence-corrected chi connectivity index (χ1v) is 6.33. The summed E-state index contributed by atoms with van der Waals surface area (Å²) >= 11 is 0. The first-order valence-electron chi connectivity index (χ1n) is 6.33. The maximum Gasteiger partial charge on any atom is 0.0830 e. The summed E-state index contributed by atoms with van der Waals surface area (Å²) in [6.07, 6.45) is 6.41. The summed E-state index contributed by atoms with van der Waals surface area (Å²) < 4.78 is 10.9. The Morgan fingerprint density at radius 3 is 2.93 bits per heavy atom. The van der Waals surface area contributed by atoms with Gasteiger partial charge in [-0.25, -0.2) is 0 Å². The molecule has 1 heterocycles. The van der Waals surface area contributed by atoms with Crippen molar-refractivity contribution in [2.24, 2.45) is 0 Å². The molecule has 1 atom stereocenters. The van der Waals surface area contributed by atoms with Crippen molar-refractivity contribution in [2.45, 2.75) is 45.1 Å². The maximum absolute atomic E-state index is 5.69. The minimum atomic E-state index is 0.378. The Morgan fingerprint density at radius 1 is 1.27 bits per heavy atom. The second kappa shape index (κ2) is 9.13. The van der Waals surface area contributed by atoms with Gasteiger partial charge in [-0.3, -0.25) is 0 Å². The summed E-state index contributed by atoms with van der Waals surface area (Å²) in [7, 11) is 0. The van der Waals surface area contributed by atoms with E-state index < -0.39 is 0 Å². The van der Waals surface area contributed by atoms with Crippen LogP contribution in [0.3, 0.4) is 0 Å². The van der Waals surface area contributed by atoms with E-state index in [2.05, 4.69) is 12.2 Å².